The van der Waals surface area contributed by atoms with Crippen LogP contribution in [-0.2, 0) is 4.74 Å². The topological polar surface area (TPSA) is 21.3 Å². The van der Waals surface area contributed by atoms with E-state index in [-0.39, 0.29) is 0 Å². The maximum Gasteiger partial charge on any atom is 0.119 e. The van der Waals surface area contributed by atoms with Crippen LogP contribution in [0.25, 0.3) is 5.76 Å². The van der Waals surface area contributed by atoms with Crippen LogP contribution in [0, 0.1) is 0 Å². The summed E-state index contributed by atoms with van der Waals surface area (Å²) in [5.41, 5.74) is 2.36. The number of hydrogen-bond donors (Lipinski definition) is 1. The number of nitrogens with one attached hydrogen (secondary N) is 1. The third kappa shape index (κ3) is 3.11. The Hall–Kier alpha value is -1.28. The summed E-state index contributed by atoms with van der Waals surface area (Å²) in [5, 5.41) is 3.29. The minimum atomic E-state index is 0.425. The van der Waals surface area contributed by atoms with Gasteiger partial charge in [0.15, 0.2) is 0 Å². The van der Waals surface area contributed by atoms with E-state index in [9.17, 15) is 0 Å². The van der Waals surface area contributed by atoms with Crippen LogP contribution in [0.5, 0.6) is 0 Å². The molecule has 88 valence electrons. The molecular formula is C14H21NO. The molecule has 1 aromatic carbocycles. The van der Waals surface area contributed by atoms with Gasteiger partial charge in [-0.1, -0.05) is 37.8 Å². The van der Waals surface area contributed by atoms with E-state index in [2.05, 4.69) is 43.1 Å². The molecule has 2 nitrogen and oxygen atoms in total. The van der Waals surface area contributed by atoms with Crippen molar-refractivity contribution in [2.75, 3.05) is 13.7 Å². The lowest BCUT2D eigenvalue weighted by atomic mass is 10.0. The Morgan fingerprint density at radius 3 is 2.38 bits per heavy atom. The molecule has 0 saturated heterocycles. The maximum absolute atomic E-state index is 5.37. The van der Waals surface area contributed by atoms with Crippen molar-refractivity contribution >= 4 is 5.76 Å². The maximum atomic E-state index is 5.37. The lowest BCUT2D eigenvalue weighted by molar-refractivity contribution is 0.299. The van der Waals surface area contributed by atoms with Gasteiger partial charge in [-0.25, -0.2) is 0 Å². The highest BCUT2D eigenvalue weighted by molar-refractivity contribution is 5.57. The van der Waals surface area contributed by atoms with E-state index in [1.54, 1.807) is 0 Å². The summed E-state index contributed by atoms with van der Waals surface area (Å²) in [7, 11) is 1.99. The average molecular weight is 219 g/mol. The van der Waals surface area contributed by atoms with E-state index in [4.69, 9.17) is 4.74 Å². The van der Waals surface area contributed by atoms with Gasteiger partial charge in [0.2, 0.25) is 0 Å². The first-order chi connectivity index (χ1) is 7.72. The molecular weight excluding hydrogens is 198 g/mol. The van der Waals surface area contributed by atoms with Gasteiger partial charge in [-0.05, 0) is 26.0 Å². The van der Waals surface area contributed by atoms with E-state index in [0.29, 0.717) is 12.6 Å². The first-order valence-corrected chi connectivity index (χ1v) is 5.82. The first kappa shape index (κ1) is 12.8. The molecule has 0 aliphatic heterocycles. The molecule has 1 unspecified atom stereocenters. The van der Waals surface area contributed by atoms with Crippen molar-refractivity contribution in [1.29, 1.82) is 0 Å². The largest absolute Gasteiger partial charge is 0.494 e. The van der Waals surface area contributed by atoms with Gasteiger partial charge in [0.25, 0.3) is 0 Å². The van der Waals surface area contributed by atoms with Crippen LogP contribution >= 0.6 is 0 Å². The Labute approximate surface area is 98.3 Å². The predicted molar refractivity (Wildman–Crippen MR) is 69.2 cm³/mol. The minimum Gasteiger partial charge on any atom is -0.494 e. The lowest BCUT2D eigenvalue weighted by Crippen LogP contribution is -2.14. The zero-order valence-electron chi connectivity index (χ0n) is 10.4. The van der Waals surface area contributed by atoms with Crippen LogP contribution in [0.4, 0.5) is 0 Å². The molecule has 1 atom stereocenters. The zero-order chi connectivity index (χ0) is 12.0. The Balaban J connectivity index is 2.78. The van der Waals surface area contributed by atoms with E-state index in [1.807, 2.05) is 14.0 Å². The summed E-state index contributed by atoms with van der Waals surface area (Å²) in [6.45, 7) is 8.69. The molecule has 0 fully saturated rings. The van der Waals surface area contributed by atoms with E-state index in [0.717, 1.165) is 17.7 Å². The van der Waals surface area contributed by atoms with E-state index >= 15 is 0 Å². The molecule has 0 radical (unpaired) electrons. The van der Waals surface area contributed by atoms with Gasteiger partial charge in [-0.3, -0.25) is 0 Å². The van der Waals surface area contributed by atoms with Gasteiger partial charge in [-0.2, -0.15) is 0 Å². The summed E-state index contributed by atoms with van der Waals surface area (Å²) >= 11 is 0. The van der Waals surface area contributed by atoms with Gasteiger partial charge in [0.05, 0.1) is 6.61 Å². The van der Waals surface area contributed by atoms with Crippen molar-refractivity contribution < 1.29 is 4.74 Å². The summed E-state index contributed by atoms with van der Waals surface area (Å²) in [5.74, 6) is 0.742. The van der Waals surface area contributed by atoms with Crippen LogP contribution in [0.1, 0.15) is 37.4 Å². The molecule has 0 spiro atoms. The van der Waals surface area contributed by atoms with E-state index in [1.165, 1.54) is 5.56 Å². The first-order valence-electron chi connectivity index (χ1n) is 5.82. The quantitative estimate of drug-likeness (QED) is 0.741. The van der Waals surface area contributed by atoms with Crippen molar-refractivity contribution in [3.05, 3.63) is 42.0 Å². The standard InChI is InChI=1S/C14H21NO/c1-5-14(15-4)13-9-7-12(8-10-13)11(3)16-6-2/h7-10,14-15H,3,5-6H2,1-2,4H3. The molecule has 2 heteroatoms. The molecule has 1 rings (SSSR count). The fourth-order valence-electron chi connectivity index (χ4n) is 1.77. The highest BCUT2D eigenvalue weighted by Crippen LogP contribution is 2.20. The third-order valence-electron chi connectivity index (χ3n) is 2.71. The second-order valence-electron chi connectivity index (χ2n) is 3.73. The number of benzene rings is 1. The van der Waals surface area contributed by atoms with Crippen LogP contribution < -0.4 is 5.32 Å². The molecule has 0 aliphatic carbocycles. The Kier molecular flexibility index (Phi) is 5.06. The highest BCUT2D eigenvalue weighted by atomic mass is 16.5. The molecule has 0 aliphatic rings. The molecule has 0 aromatic heterocycles. The molecule has 0 amide bonds. The Morgan fingerprint density at radius 1 is 1.31 bits per heavy atom. The van der Waals surface area contributed by atoms with Gasteiger partial charge in [0, 0.05) is 11.6 Å². The zero-order valence-corrected chi connectivity index (χ0v) is 10.4. The lowest BCUT2D eigenvalue weighted by Gasteiger charge is -2.15. The monoisotopic (exact) mass is 219 g/mol. The second-order valence-corrected chi connectivity index (χ2v) is 3.73. The number of hydrogen-bond acceptors (Lipinski definition) is 2. The Morgan fingerprint density at radius 2 is 1.94 bits per heavy atom. The number of rotatable bonds is 6. The van der Waals surface area contributed by atoms with E-state index < -0.39 is 0 Å². The van der Waals surface area contributed by atoms with Crippen LogP contribution in [0.15, 0.2) is 30.8 Å². The summed E-state index contributed by atoms with van der Waals surface area (Å²) < 4.78 is 5.37. The summed E-state index contributed by atoms with van der Waals surface area (Å²) in [6, 6.07) is 8.81. The van der Waals surface area contributed by atoms with Crippen molar-refractivity contribution in [3.8, 4) is 0 Å². The second kappa shape index (κ2) is 6.33. The van der Waals surface area contributed by atoms with Crippen molar-refractivity contribution in [2.45, 2.75) is 26.3 Å². The van der Waals surface area contributed by atoms with Gasteiger partial charge in [0.1, 0.15) is 5.76 Å². The normalized spacial score (nSPS) is 12.2. The molecule has 0 bridgehead atoms. The van der Waals surface area contributed by atoms with Gasteiger partial charge >= 0.3 is 0 Å². The molecule has 0 heterocycles. The van der Waals surface area contributed by atoms with Gasteiger partial charge in [-0.15, -0.1) is 0 Å². The minimum absolute atomic E-state index is 0.425. The fraction of sp³-hybridized carbons (Fsp3) is 0.429. The highest BCUT2D eigenvalue weighted by Gasteiger charge is 2.06. The molecule has 16 heavy (non-hydrogen) atoms. The molecule has 1 N–H and O–H groups in total. The smallest absolute Gasteiger partial charge is 0.119 e. The third-order valence-corrected chi connectivity index (χ3v) is 2.71. The summed E-state index contributed by atoms with van der Waals surface area (Å²) in [6.07, 6.45) is 1.09. The van der Waals surface area contributed by atoms with Crippen molar-refractivity contribution in [3.63, 3.8) is 0 Å². The van der Waals surface area contributed by atoms with Crippen LogP contribution in [0.3, 0.4) is 0 Å². The van der Waals surface area contributed by atoms with Gasteiger partial charge < -0.3 is 10.1 Å². The van der Waals surface area contributed by atoms with Crippen molar-refractivity contribution in [2.24, 2.45) is 0 Å². The number of ether oxygens (including phenoxy) is 1. The fourth-order valence-corrected chi connectivity index (χ4v) is 1.77. The average Bonchev–Trinajstić information content (AvgIpc) is 2.32. The molecule has 1 aromatic rings. The van der Waals surface area contributed by atoms with Crippen LogP contribution in [0.2, 0.25) is 0 Å². The van der Waals surface area contributed by atoms with Crippen LogP contribution in [-0.4, -0.2) is 13.7 Å². The SMILES string of the molecule is C=C(OCC)c1ccc(C(CC)NC)cc1. The van der Waals surface area contributed by atoms with Crippen molar-refractivity contribution in [1.82, 2.24) is 5.32 Å². The summed E-state index contributed by atoms with van der Waals surface area (Å²) in [4.78, 5) is 0. The Bertz CT molecular complexity index is 325. The molecule has 0 saturated carbocycles. The predicted octanol–water partition coefficient (Wildman–Crippen LogP) is 3.36.